The molecular weight excluding hydrogens is 1050 g/mol. The summed E-state index contributed by atoms with van der Waals surface area (Å²) in [5.74, 6) is -4.28. The second-order valence-corrected chi connectivity index (χ2v) is 17.7. The molecule has 0 aromatic carbocycles. The Kier molecular flexibility index (Phi) is 32.1. The third-order valence-electron chi connectivity index (χ3n) is 11.4. The number of ether oxygens (including phenoxy) is 9. The number of nitrogens with two attached hydrogens (primary N) is 4. The van der Waals surface area contributed by atoms with E-state index in [4.69, 9.17) is 72.0 Å². The lowest BCUT2D eigenvalue weighted by atomic mass is 9.92. The predicted molar refractivity (Wildman–Crippen MR) is 276 cm³/mol. The lowest BCUT2D eigenvalue weighted by Crippen LogP contribution is -2.61. The first-order valence-electron chi connectivity index (χ1n) is 25.0. The SMILES string of the molecule is C#CCOCCOCCOCCOCCN(CCCCN(C)C(=O)O[C@@H]([C@@H]1OC(C(=O)O)=C[C@H](N=C(N)N)[C@H]1NC(C)=O)[C@H](O)CO)CCOCCN(C)C(=O)O[C@@H]([C@@H]1OC(C(=O)O)=C[C@H](N=C(N)N)[C@H]1NC(C)=O)[C@H](O)CO. The van der Waals surface area contributed by atoms with Crippen molar-refractivity contribution in [2.75, 3.05) is 126 Å². The van der Waals surface area contributed by atoms with Crippen molar-refractivity contribution >= 4 is 47.9 Å². The zero-order chi connectivity index (χ0) is 59.0. The molecule has 0 fully saturated rings. The Morgan fingerprint density at radius 2 is 0.987 bits per heavy atom. The summed E-state index contributed by atoms with van der Waals surface area (Å²) >= 11 is 0. The summed E-state index contributed by atoms with van der Waals surface area (Å²) in [4.78, 5) is 87.6. The van der Waals surface area contributed by atoms with Crippen molar-refractivity contribution in [3.8, 4) is 12.3 Å². The van der Waals surface area contributed by atoms with Gasteiger partial charge in [0.1, 0.15) is 18.8 Å². The predicted octanol–water partition coefficient (Wildman–Crippen LogP) is -5.61. The largest absolute Gasteiger partial charge is 0.477 e. The van der Waals surface area contributed by atoms with Crippen molar-refractivity contribution in [1.82, 2.24) is 25.3 Å². The van der Waals surface area contributed by atoms with E-state index in [-0.39, 0.29) is 46.1 Å². The van der Waals surface area contributed by atoms with E-state index in [1.54, 1.807) is 0 Å². The van der Waals surface area contributed by atoms with Crippen LogP contribution >= 0.6 is 0 Å². The Morgan fingerprint density at radius 1 is 0.620 bits per heavy atom. The summed E-state index contributed by atoms with van der Waals surface area (Å²) in [6.07, 6.45) is -4.26. The average molecular weight is 1130 g/mol. The molecule has 0 aromatic heterocycles. The highest BCUT2D eigenvalue weighted by atomic mass is 16.6. The minimum absolute atomic E-state index is 0.0196. The molecule has 0 spiro atoms. The van der Waals surface area contributed by atoms with E-state index >= 15 is 0 Å². The number of aliphatic carboxylic acids is 2. The van der Waals surface area contributed by atoms with Crippen LogP contribution in [0.15, 0.2) is 33.7 Å². The molecule has 2 aliphatic heterocycles. The number of unbranched alkanes of at least 4 members (excludes halogenated alkanes) is 1. The number of rotatable bonds is 38. The number of hydrogen-bond donors (Lipinski definition) is 12. The highest BCUT2D eigenvalue weighted by molar-refractivity contribution is 5.86. The first kappa shape index (κ1) is 68.3. The monoisotopic (exact) mass is 1130 g/mol. The average Bonchev–Trinajstić information content (AvgIpc) is 3.47. The molecule has 0 aliphatic carbocycles. The molecule has 16 N–H and O–H groups in total. The molecule has 0 saturated heterocycles. The van der Waals surface area contributed by atoms with Crippen LogP contribution in [0.25, 0.3) is 0 Å². The van der Waals surface area contributed by atoms with Gasteiger partial charge in [0.05, 0.1) is 96.8 Å². The number of amides is 4. The topological polar surface area (TPSA) is 469 Å². The maximum Gasteiger partial charge on any atom is 0.410 e. The van der Waals surface area contributed by atoms with E-state index < -0.39 is 133 Å². The quantitative estimate of drug-likeness (QED) is 0.0119. The molecule has 0 bridgehead atoms. The molecule has 448 valence electrons. The van der Waals surface area contributed by atoms with Crippen molar-refractivity contribution in [2.45, 2.75) is 87.5 Å². The van der Waals surface area contributed by atoms with Crippen molar-refractivity contribution in [2.24, 2.45) is 32.9 Å². The fraction of sp³-hybridized carbons (Fsp3) is 0.702. The first-order valence-corrected chi connectivity index (χ1v) is 25.0. The van der Waals surface area contributed by atoms with Crippen molar-refractivity contribution < 1.29 is 102 Å². The summed E-state index contributed by atoms with van der Waals surface area (Å²) in [5, 5.41) is 66.0. The number of likely N-dealkylation sites (N-methyl/N-ethyl adjacent to an activating group) is 1. The molecule has 0 aromatic rings. The number of hydrogen-bond acceptors (Lipinski definition) is 22. The summed E-state index contributed by atoms with van der Waals surface area (Å²) in [7, 11) is 2.77. The van der Waals surface area contributed by atoms with Crippen LogP contribution in [0.2, 0.25) is 0 Å². The normalized spacial score (nSPS) is 20.2. The molecule has 2 rings (SSSR count). The van der Waals surface area contributed by atoms with Gasteiger partial charge in [-0.25, -0.2) is 29.2 Å². The Hall–Kier alpha value is -6.80. The van der Waals surface area contributed by atoms with Gasteiger partial charge in [0.15, 0.2) is 36.3 Å². The number of carboxylic acids is 2. The first-order chi connectivity index (χ1) is 37.5. The van der Waals surface area contributed by atoms with Crippen molar-refractivity contribution in [3.05, 3.63) is 23.7 Å². The summed E-state index contributed by atoms with van der Waals surface area (Å²) in [5.41, 5.74) is 22.3. The molecule has 4 amide bonds. The number of carbonyl (C=O) groups excluding carboxylic acids is 4. The third-order valence-corrected chi connectivity index (χ3v) is 11.4. The number of carboxylic acid groups (broad SMARTS) is 2. The van der Waals surface area contributed by atoms with Crippen LogP contribution in [0, 0.1) is 12.3 Å². The second kappa shape index (κ2) is 37.1. The maximum atomic E-state index is 13.5. The number of nitrogens with zero attached hydrogens (tertiary/aromatic N) is 5. The lowest BCUT2D eigenvalue weighted by Gasteiger charge is -2.40. The van der Waals surface area contributed by atoms with Gasteiger partial charge in [-0.2, -0.15) is 0 Å². The zero-order valence-corrected chi connectivity index (χ0v) is 44.8. The molecule has 32 heteroatoms. The van der Waals surface area contributed by atoms with Crippen LogP contribution in [-0.2, 0) is 61.8 Å². The Morgan fingerprint density at radius 3 is 1.37 bits per heavy atom. The van der Waals surface area contributed by atoms with Crippen LogP contribution in [0.1, 0.15) is 26.7 Å². The molecule has 2 heterocycles. The molecule has 0 saturated carbocycles. The van der Waals surface area contributed by atoms with E-state index in [2.05, 4.69) is 26.5 Å². The number of aliphatic hydroxyl groups is 4. The summed E-state index contributed by atoms with van der Waals surface area (Å²) in [6.45, 7) is 4.31. The number of aliphatic imine (C=N–C) groups is 2. The standard InChI is InChI=1S/C47H79N11O21/c1-6-14-71-18-20-74-22-23-75-21-19-73-17-13-58(10-8-7-9-56(4)46(69)78-38(32(63)26-59)40-36(52-28(2)61)30(54-44(48)49)24-34(76-40)42(65)66)12-16-72-15-11-57(5)47(70)79-39(33(64)27-60)41-37(53-29(3)62)31(55-45(50)51)25-35(77-41)43(67)68/h1,24-25,30-33,36-41,59-60,63-64H,7-23,26-27H2,2-5H3,(H,52,61)(H,53,62)(H,65,66)(H,67,68)(H4,48,49,54)(H4,50,51,55)/t30-,31-,32+,33+,36+,37+,38+,39+,40+,41+/m0/s1. The van der Waals surface area contributed by atoms with Crippen LogP contribution in [0.5, 0.6) is 0 Å². The second-order valence-electron chi connectivity index (χ2n) is 17.7. The van der Waals surface area contributed by atoms with Gasteiger partial charge in [0.25, 0.3) is 0 Å². The molecule has 10 atom stereocenters. The van der Waals surface area contributed by atoms with Gasteiger partial charge in [0, 0.05) is 54.1 Å². The van der Waals surface area contributed by atoms with Crippen molar-refractivity contribution in [3.63, 3.8) is 0 Å². The zero-order valence-electron chi connectivity index (χ0n) is 44.8. The number of carbonyl (C=O) groups is 6. The molecule has 2 aliphatic rings. The van der Waals surface area contributed by atoms with Gasteiger partial charge >= 0.3 is 24.1 Å². The van der Waals surface area contributed by atoms with Crippen LogP contribution in [-0.4, -0.2) is 280 Å². The number of guanidine groups is 2. The molecule has 0 radical (unpaired) electrons. The van der Waals surface area contributed by atoms with E-state index in [1.165, 1.54) is 19.0 Å². The smallest absolute Gasteiger partial charge is 0.410 e. The fourth-order valence-corrected chi connectivity index (χ4v) is 7.63. The number of aliphatic hydroxyl groups excluding tert-OH is 4. The molecule has 79 heavy (non-hydrogen) atoms. The van der Waals surface area contributed by atoms with Gasteiger partial charge in [-0.1, -0.05) is 5.92 Å². The lowest BCUT2D eigenvalue weighted by molar-refractivity contribution is -0.147. The highest BCUT2D eigenvalue weighted by Crippen LogP contribution is 2.29. The third kappa shape index (κ3) is 25.7. The Labute approximate surface area is 456 Å². The van der Waals surface area contributed by atoms with Gasteiger partial charge < -0.3 is 117 Å². The Balaban J connectivity index is 2.10. The van der Waals surface area contributed by atoms with E-state index in [0.29, 0.717) is 65.5 Å². The maximum absolute atomic E-state index is 13.5. The van der Waals surface area contributed by atoms with Gasteiger partial charge in [0.2, 0.25) is 23.3 Å². The highest BCUT2D eigenvalue weighted by Gasteiger charge is 2.48. The number of nitrogens with one attached hydrogen (secondary N) is 2. The Bertz CT molecular complexity index is 2090. The molecular formula is C47H79N11O21. The van der Waals surface area contributed by atoms with Crippen molar-refractivity contribution in [1.29, 1.82) is 0 Å². The fourth-order valence-electron chi connectivity index (χ4n) is 7.63. The summed E-state index contributed by atoms with van der Waals surface area (Å²) in [6, 6.07) is -5.04. The minimum Gasteiger partial charge on any atom is -0.477 e. The minimum atomic E-state index is -1.83. The van der Waals surface area contributed by atoms with Gasteiger partial charge in [-0.3, -0.25) is 14.5 Å². The van der Waals surface area contributed by atoms with Gasteiger partial charge in [-0.05, 0) is 31.5 Å². The van der Waals surface area contributed by atoms with E-state index in [0.717, 1.165) is 30.9 Å². The number of terminal acetylenes is 1. The van der Waals surface area contributed by atoms with E-state index in [1.807, 2.05) is 4.90 Å². The van der Waals surface area contributed by atoms with Crippen LogP contribution < -0.4 is 33.6 Å². The summed E-state index contributed by atoms with van der Waals surface area (Å²) < 4.78 is 50.1. The van der Waals surface area contributed by atoms with Crippen LogP contribution in [0.4, 0.5) is 9.59 Å². The van der Waals surface area contributed by atoms with Gasteiger partial charge in [-0.15, -0.1) is 6.42 Å². The molecule has 32 nitrogen and oxygen atoms in total. The van der Waals surface area contributed by atoms with E-state index in [9.17, 15) is 59.4 Å². The van der Waals surface area contributed by atoms with Crippen LogP contribution in [0.3, 0.4) is 0 Å². The molecule has 0 unspecified atom stereocenters.